The first-order valence-electron chi connectivity index (χ1n) is 7.97. The van der Waals surface area contributed by atoms with Gasteiger partial charge in [-0.15, -0.1) is 0 Å². The monoisotopic (exact) mass is 504 g/mol. The molecule has 23 heavy (non-hydrogen) atoms. The molecule has 2 rings (SSSR count). The molecule has 0 radical (unpaired) electrons. The molecule has 0 fully saturated rings. The molecular weight excluding hydrogens is 481 g/mol. The van der Waals surface area contributed by atoms with E-state index in [1.54, 1.807) is 0 Å². The standard InChI is InChI=1S/2C9H11O2.Hg/c2*10-7-4-8-11-9-5-2-1-3-6-9;/h2*2-3,5-6,10H,4,7-8H2;. The molecule has 0 saturated carbocycles. The van der Waals surface area contributed by atoms with Crippen molar-refractivity contribution < 1.29 is 44.3 Å². The van der Waals surface area contributed by atoms with Crippen LogP contribution in [0.4, 0.5) is 0 Å². The molecule has 2 aromatic carbocycles. The first-order valence-corrected chi connectivity index (χ1v) is 13.5. The summed E-state index contributed by atoms with van der Waals surface area (Å²) in [6.07, 6.45) is 1.32. The Kier molecular flexibility index (Phi) is 8.43. The van der Waals surface area contributed by atoms with E-state index in [0.29, 0.717) is 26.1 Å². The Balaban J connectivity index is 1.84. The number of ether oxygens (including phenoxy) is 2. The molecule has 0 aliphatic rings. The second kappa shape index (κ2) is 10.6. The summed E-state index contributed by atoms with van der Waals surface area (Å²) in [6.45, 7) is 1.43. The number of aliphatic hydroxyl groups excluding tert-OH is 2. The SMILES string of the molecule is OCCCOc1cc[c]([Hg][c]2ccc(OCCCO)cc2)cc1. The van der Waals surface area contributed by atoms with E-state index in [0.717, 1.165) is 11.5 Å². The van der Waals surface area contributed by atoms with Crippen LogP contribution < -0.4 is 15.6 Å². The van der Waals surface area contributed by atoms with E-state index in [4.69, 9.17) is 19.7 Å². The number of benzene rings is 2. The van der Waals surface area contributed by atoms with Gasteiger partial charge in [-0.2, -0.15) is 0 Å². The first kappa shape index (κ1) is 18.2. The molecule has 5 heteroatoms. The zero-order chi connectivity index (χ0) is 16.3. The molecule has 0 amide bonds. The molecule has 120 valence electrons. The summed E-state index contributed by atoms with van der Waals surface area (Å²) in [4.78, 5) is 0. The van der Waals surface area contributed by atoms with Gasteiger partial charge >= 0.3 is 150 Å². The van der Waals surface area contributed by atoms with Crippen LogP contribution in [-0.4, -0.2) is 36.6 Å². The Morgan fingerprint density at radius 3 is 1.39 bits per heavy atom. The predicted octanol–water partition coefficient (Wildman–Crippen LogP) is 1.24. The number of hydrogen-bond acceptors (Lipinski definition) is 4. The van der Waals surface area contributed by atoms with Crippen molar-refractivity contribution in [3.8, 4) is 11.5 Å². The summed E-state index contributed by atoms with van der Waals surface area (Å²) in [5.74, 6) is 1.73. The maximum absolute atomic E-state index is 8.74. The Morgan fingerprint density at radius 1 is 0.652 bits per heavy atom. The number of hydrogen-bond donors (Lipinski definition) is 2. The molecule has 0 unspecified atom stereocenters. The summed E-state index contributed by atoms with van der Waals surface area (Å²) < 4.78 is 14.0. The Hall–Kier alpha value is -1.10. The van der Waals surface area contributed by atoms with Crippen LogP contribution in [0, 0.1) is 0 Å². The van der Waals surface area contributed by atoms with Crippen molar-refractivity contribution in [2.24, 2.45) is 0 Å². The zero-order valence-corrected chi connectivity index (χ0v) is 18.8. The van der Waals surface area contributed by atoms with Gasteiger partial charge in [0.05, 0.1) is 0 Å². The molecule has 0 spiro atoms. The Morgan fingerprint density at radius 2 is 1.04 bits per heavy atom. The van der Waals surface area contributed by atoms with Crippen LogP contribution in [0.15, 0.2) is 48.5 Å². The number of aliphatic hydroxyl groups is 2. The van der Waals surface area contributed by atoms with Crippen LogP contribution in [0.3, 0.4) is 0 Å². The van der Waals surface area contributed by atoms with Gasteiger partial charge in [-0.1, -0.05) is 0 Å². The Bertz CT molecular complexity index is 503. The minimum atomic E-state index is -1.32. The molecule has 0 saturated heterocycles. The summed E-state index contributed by atoms with van der Waals surface area (Å²) in [5, 5.41) is 17.5. The molecule has 0 aliphatic carbocycles. The third kappa shape index (κ3) is 6.89. The van der Waals surface area contributed by atoms with E-state index in [1.165, 1.54) is 6.14 Å². The van der Waals surface area contributed by atoms with E-state index in [9.17, 15) is 0 Å². The minimum absolute atomic E-state index is 0.162. The van der Waals surface area contributed by atoms with Crippen molar-refractivity contribution in [1.82, 2.24) is 0 Å². The second-order valence-electron chi connectivity index (χ2n) is 5.32. The van der Waals surface area contributed by atoms with Crippen LogP contribution in [0.5, 0.6) is 11.5 Å². The van der Waals surface area contributed by atoms with Crippen LogP contribution in [0.1, 0.15) is 12.8 Å². The zero-order valence-electron chi connectivity index (χ0n) is 13.3. The predicted molar refractivity (Wildman–Crippen MR) is 86.5 cm³/mol. The molecule has 0 bridgehead atoms. The van der Waals surface area contributed by atoms with Crippen molar-refractivity contribution in [3.05, 3.63) is 48.5 Å². The van der Waals surface area contributed by atoms with Crippen molar-refractivity contribution in [2.45, 2.75) is 12.8 Å². The van der Waals surface area contributed by atoms with E-state index >= 15 is 0 Å². The molecule has 2 aromatic rings. The van der Waals surface area contributed by atoms with Crippen molar-refractivity contribution in [2.75, 3.05) is 26.4 Å². The van der Waals surface area contributed by atoms with Gasteiger partial charge in [0.1, 0.15) is 0 Å². The van der Waals surface area contributed by atoms with Gasteiger partial charge < -0.3 is 0 Å². The van der Waals surface area contributed by atoms with Gasteiger partial charge in [0.25, 0.3) is 0 Å². The van der Waals surface area contributed by atoms with Crippen LogP contribution in [0.25, 0.3) is 0 Å². The van der Waals surface area contributed by atoms with Crippen LogP contribution in [0.2, 0.25) is 0 Å². The first-order chi connectivity index (χ1) is 11.3. The fourth-order valence-electron chi connectivity index (χ4n) is 2.15. The van der Waals surface area contributed by atoms with Gasteiger partial charge in [-0.25, -0.2) is 0 Å². The third-order valence-electron chi connectivity index (χ3n) is 3.40. The molecular formula is C18H22HgO4. The van der Waals surface area contributed by atoms with Gasteiger partial charge in [-0.3, -0.25) is 0 Å². The summed E-state index contributed by atoms with van der Waals surface area (Å²) in [5.41, 5.74) is 0. The normalized spacial score (nSPS) is 10.2. The fourth-order valence-corrected chi connectivity index (χ4v) is 7.65. The molecule has 0 heterocycles. The van der Waals surface area contributed by atoms with Gasteiger partial charge in [0.15, 0.2) is 0 Å². The summed E-state index contributed by atoms with van der Waals surface area (Å²) in [6, 6.07) is 16.7. The fraction of sp³-hybridized carbons (Fsp3) is 0.333. The molecule has 2 N–H and O–H groups in total. The van der Waals surface area contributed by atoms with E-state index in [1.807, 2.05) is 24.3 Å². The molecule has 0 atom stereocenters. The third-order valence-corrected chi connectivity index (χ3v) is 10.2. The maximum atomic E-state index is 8.74. The van der Waals surface area contributed by atoms with Crippen molar-refractivity contribution in [1.29, 1.82) is 0 Å². The number of rotatable bonds is 10. The van der Waals surface area contributed by atoms with E-state index in [2.05, 4.69) is 24.3 Å². The molecule has 4 nitrogen and oxygen atoms in total. The summed E-state index contributed by atoms with van der Waals surface area (Å²) >= 11 is -1.32. The van der Waals surface area contributed by atoms with Gasteiger partial charge in [0, 0.05) is 0 Å². The molecule has 0 aliphatic heterocycles. The van der Waals surface area contributed by atoms with Crippen LogP contribution >= 0.6 is 0 Å². The quantitative estimate of drug-likeness (QED) is 0.379. The van der Waals surface area contributed by atoms with Crippen molar-refractivity contribution in [3.63, 3.8) is 0 Å². The average Bonchev–Trinajstić information content (AvgIpc) is 2.58. The average molecular weight is 503 g/mol. The van der Waals surface area contributed by atoms with E-state index < -0.39 is 24.6 Å². The molecule has 0 aromatic heterocycles. The Labute approximate surface area is 149 Å². The van der Waals surface area contributed by atoms with E-state index in [-0.39, 0.29) is 13.2 Å². The topological polar surface area (TPSA) is 58.9 Å². The van der Waals surface area contributed by atoms with Crippen molar-refractivity contribution >= 4 is 6.14 Å². The van der Waals surface area contributed by atoms with Crippen LogP contribution in [-0.2, 0) is 24.6 Å². The summed E-state index contributed by atoms with van der Waals surface area (Å²) in [7, 11) is 0. The second-order valence-corrected chi connectivity index (χ2v) is 13.0. The van der Waals surface area contributed by atoms with Gasteiger partial charge in [-0.05, 0) is 0 Å². The van der Waals surface area contributed by atoms with Gasteiger partial charge in [0.2, 0.25) is 0 Å².